The average molecular weight is 589 g/mol. The Bertz CT molecular complexity index is 722. The van der Waals surface area contributed by atoms with Crippen molar-refractivity contribution in [2.45, 2.75) is 161 Å². The fourth-order valence-electron chi connectivity index (χ4n) is 4.54. The van der Waals surface area contributed by atoms with Gasteiger partial charge in [0, 0.05) is 12.8 Å². The lowest BCUT2D eigenvalue weighted by Gasteiger charge is -2.15. The van der Waals surface area contributed by atoms with E-state index in [-0.39, 0.29) is 25.2 Å². The van der Waals surface area contributed by atoms with Gasteiger partial charge >= 0.3 is 11.9 Å². The Kier molecular flexibility index (Phi) is 31.7. The number of aliphatic hydroxyl groups excluding tert-OH is 1. The lowest BCUT2D eigenvalue weighted by Crippen LogP contribution is -2.28. The molecule has 0 fully saturated rings. The maximum atomic E-state index is 12.1. The van der Waals surface area contributed by atoms with Gasteiger partial charge in [0.25, 0.3) is 0 Å². The predicted octanol–water partition coefficient (Wildman–Crippen LogP) is 10.3. The van der Waals surface area contributed by atoms with E-state index in [1.807, 2.05) is 0 Å². The molecular formula is C37H64O5. The zero-order chi connectivity index (χ0) is 30.8. The minimum absolute atomic E-state index is 0.0819. The third-order valence-corrected chi connectivity index (χ3v) is 7.14. The van der Waals surface area contributed by atoms with Crippen LogP contribution in [0.2, 0.25) is 0 Å². The van der Waals surface area contributed by atoms with Crippen LogP contribution in [0, 0.1) is 0 Å². The Morgan fingerprint density at radius 1 is 0.571 bits per heavy atom. The fraction of sp³-hybridized carbons (Fsp3) is 0.730. The smallest absolute Gasteiger partial charge is 0.306 e. The van der Waals surface area contributed by atoms with Crippen molar-refractivity contribution >= 4 is 11.9 Å². The molecule has 5 nitrogen and oxygen atoms in total. The summed E-state index contributed by atoms with van der Waals surface area (Å²) in [6.07, 6.45) is 40.2. The largest absolute Gasteiger partial charge is 0.462 e. The molecule has 0 bridgehead atoms. The number of hydrogen-bond acceptors (Lipinski definition) is 5. The quantitative estimate of drug-likeness (QED) is 0.0513. The first-order valence-electron chi connectivity index (χ1n) is 17.2. The van der Waals surface area contributed by atoms with Crippen LogP contribution >= 0.6 is 0 Å². The highest BCUT2D eigenvalue weighted by Crippen LogP contribution is 2.13. The van der Waals surface area contributed by atoms with Crippen LogP contribution in [0.5, 0.6) is 0 Å². The summed E-state index contributed by atoms with van der Waals surface area (Å²) in [6, 6.07) is 0. The Morgan fingerprint density at radius 3 is 1.55 bits per heavy atom. The van der Waals surface area contributed by atoms with Crippen molar-refractivity contribution in [2.24, 2.45) is 0 Å². The van der Waals surface area contributed by atoms with E-state index in [9.17, 15) is 14.7 Å². The number of ether oxygens (including phenoxy) is 2. The van der Waals surface area contributed by atoms with Gasteiger partial charge in [-0.15, -0.1) is 0 Å². The van der Waals surface area contributed by atoms with Gasteiger partial charge in [-0.2, -0.15) is 0 Å². The summed E-state index contributed by atoms with van der Waals surface area (Å²) in [7, 11) is 0. The number of unbranched alkanes of at least 4 members (excludes halogenated alkanes) is 14. The van der Waals surface area contributed by atoms with Crippen molar-refractivity contribution in [3.8, 4) is 0 Å². The number of hydrogen-bond donors (Lipinski definition) is 1. The Labute approximate surface area is 258 Å². The molecule has 242 valence electrons. The second kappa shape index (κ2) is 33.4. The van der Waals surface area contributed by atoms with E-state index in [4.69, 9.17) is 9.47 Å². The number of esters is 2. The molecule has 0 aromatic rings. The van der Waals surface area contributed by atoms with Gasteiger partial charge in [-0.3, -0.25) is 9.59 Å². The molecule has 0 spiro atoms. The number of carbonyl (C=O) groups is 2. The first kappa shape index (κ1) is 39.9. The average Bonchev–Trinajstić information content (AvgIpc) is 2.99. The third kappa shape index (κ3) is 30.8. The highest BCUT2D eigenvalue weighted by atomic mass is 16.6. The first-order valence-corrected chi connectivity index (χ1v) is 17.2. The van der Waals surface area contributed by atoms with Crippen molar-refractivity contribution in [3.05, 3.63) is 48.6 Å². The lowest BCUT2D eigenvalue weighted by atomic mass is 10.0. The van der Waals surface area contributed by atoms with Gasteiger partial charge in [-0.05, 0) is 51.4 Å². The summed E-state index contributed by atoms with van der Waals surface area (Å²) in [5, 5.41) is 9.50. The fourth-order valence-corrected chi connectivity index (χ4v) is 4.54. The molecule has 42 heavy (non-hydrogen) atoms. The van der Waals surface area contributed by atoms with Gasteiger partial charge in [-0.1, -0.05) is 140 Å². The van der Waals surface area contributed by atoms with Crippen LogP contribution in [-0.4, -0.2) is 36.4 Å². The van der Waals surface area contributed by atoms with Crippen LogP contribution in [0.15, 0.2) is 48.6 Å². The highest BCUT2D eigenvalue weighted by Gasteiger charge is 2.16. The SMILES string of the molecule is CC/C=C\C/C=C\C/C=C\C/C=C\CCCCC(=O)OC(CO)COC(=O)CCCCCCCCCCCCCCC. The number of allylic oxidation sites excluding steroid dienone is 8. The van der Waals surface area contributed by atoms with Crippen molar-refractivity contribution in [2.75, 3.05) is 13.2 Å². The number of aliphatic hydroxyl groups is 1. The highest BCUT2D eigenvalue weighted by molar-refractivity contribution is 5.70. The normalized spacial score (nSPS) is 12.7. The van der Waals surface area contributed by atoms with E-state index >= 15 is 0 Å². The van der Waals surface area contributed by atoms with Crippen LogP contribution in [-0.2, 0) is 19.1 Å². The van der Waals surface area contributed by atoms with Crippen LogP contribution in [0.4, 0.5) is 0 Å². The molecule has 1 atom stereocenters. The maximum absolute atomic E-state index is 12.1. The molecule has 0 aliphatic rings. The van der Waals surface area contributed by atoms with Gasteiger partial charge in [0.15, 0.2) is 6.10 Å². The van der Waals surface area contributed by atoms with Gasteiger partial charge in [-0.25, -0.2) is 0 Å². The van der Waals surface area contributed by atoms with Gasteiger partial charge in [0.2, 0.25) is 0 Å². The monoisotopic (exact) mass is 588 g/mol. The maximum Gasteiger partial charge on any atom is 0.306 e. The zero-order valence-electron chi connectivity index (χ0n) is 27.2. The van der Waals surface area contributed by atoms with Gasteiger partial charge < -0.3 is 14.6 Å². The van der Waals surface area contributed by atoms with Crippen LogP contribution < -0.4 is 0 Å². The van der Waals surface area contributed by atoms with E-state index in [0.29, 0.717) is 12.8 Å². The molecule has 0 aromatic heterocycles. The molecule has 0 aliphatic carbocycles. The molecule has 0 amide bonds. The summed E-state index contributed by atoms with van der Waals surface area (Å²) in [5.74, 6) is -0.641. The standard InChI is InChI=1S/C37H64O5/c1-3-5-7-9-11-13-15-17-18-20-22-24-26-28-30-32-37(40)42-35(33-38)34-41-36(39)31-29-27-25-23-21-19-16-14-12-10-8-6-4-2/h5,7,11,13,17-18,22,24,35,38H,3-4,6,8-10,12,14-16,19-21,23,25-34H2,1-2H3/b7-5-,13-11-,18-17-,24-22-. The zero-order valence-corrected chi connectivity index (χ0v) is 27.2. The molecule has 0 radical (unpaired) electrons. The van der Waals surface area contributed by atoms with Crippen molar-refractivity contribution in [1.29, 1.82) is 0 Å². The molecule has 0 saturated carbocycles. The predicted molar refractivity (Wildman–Crippen MR) is 177 cm³/mol. The first-order chi connectivity index (χ1) is 20.6. The third-order valence-electron chi connectivity index (χ3n) is 7.14. The second-order valence-corrected chi connectivity index (χ2v) is 11.2. The molecule has 1 unspecified atom stereocenters. The Hall–Kier alpha value is -2.14. The van der Waals surface area contributed by atoms with E-state index < -0.39 is 6.10 Å². The Morgan fingerprint density at radius 2 is 1.02 bits per heavy atom. The molecule has 0 saturated heterocycles. The van der Waals surface area contributed by atoms with E-state index in [1.54, 1.807) is 0 Å². The molecule has 0 rings (SSSR count). The molecule has 0 aromatic carbocycles. The van der Waals surface area contributed by atoms with Crippen LogP contribution in [0.3, 0.4) is 0 Å². The van der Waals surface area contributed by atoms with Gasteiger partial charge in [0.05, 0.1) is 6.61 Å². The molecular weight excluding hydrogens is 524 g/mol. The lowest BCUT2D eigenvalue weighted by molar-refractivity contribution is -0.161. The summed E-state index contributed by atoms with van der Waals surface area (Å²) in [5.41, 5.74) is 0. The summed E-state index contributed by atoms with van der Waals surface area (Å²) in [4.78, 5) is 24.1. The van der Waals surface area contributed by atoms with E-state index in [1.165, 1.54) is 64.2 Å². The van der Waals surface area contributed by atoms with Gasteiger partial charge in [0.1, 0.15) is 6.61 Å². The molecule has 0 aliphatic heterocycles. The number of carbonyl (C=O) groups excluding carboxylic acids is 2. The topological polar surface area (TPSA) is 72.8 Å². The minimum atomic E-state index is -0.789. The van der Waals surface area contributed by atoms with Crippen LogP contribution in [0.25, 0.3) is 0 Å². The Balaban J connectivity index is 3.67. The second-order valence-electron chi connectivity index (χ2n) is 11.2. The van der Waals surface area contributed by atoms with Crippen molar-refractivity contribution < 1.29 is 24.2 Å². The van der Waals surface area contributed by atoms with Crippen LogP contribution in [0.1, 0.15) is 155 Å². The van der Waals surface area contributed by atoms with Crippen molar-refractivity contribution in [3.63, 3.8) is 0 Å². The van der Waals surface area contributed by atoms with E-state index in [0.717, 1.165) is 64.2 Å². The molecule has 0 heterocycles. The molecule has 1 N–H and O–H groups in total. The minimum Gasteiger partial charge on any atom is -0.462 e. The van der Waals surface area contributed by atoms with Crippen molar-refractivity contribution in [1.82, 2.24) is 0 Å². The summed E-state index contributed by atoms with van der Waals surface area (Å²) >= 11 is 0. The summed E-state index contributed by atoms with van der Waals surface area (Å²) < 4.78 is 10.5. The summed E-state index contributed by atoms with van der Waals surface area (Å²) in [6.45, 7) is 3.97. The molecule has 5 heteroatoms. The van der Waals surface area contributed by atoms with E-state index in [2.05, 4.69) is 62.5 Å². The number of rotatable bonds is 30.